The molecule has 2 nitrogen and oxygen atoms in total. The second-order valence-electron chi connectivity index (χ2n) is 3.61. The maximum atomic E-state index is 12.9. The van der Waals surface area contributed by atoms with E-state index in [-0.39, 0.29) is 10.8 Å². The van der Waals surface area contributed by atoms with Crippen molar-refractivity contribution in [1.29, 1.82) is 0 Å². The van der Waals surface area contributed by atoms with Crippen molar-refractivity contribution in [1.82, 2.24) is 0 Å². The molecule has 0 saturated carbocycles. The molecule has 0 amide bonds. The van der Waals surface area contributed by atoms with Gasteiger partial charge in [-0.3, -0.25) is 0 Å². The Balaban J connectivity index is 0.00000106. The van der Waals surface area contributed by atoms with E-state index < -0.39 is 15.7 Å². The summed E-state index contributed by atoms with van der Waals surface area (Å²) in [6, 6.07) is 3.77. The first-order valence-electron chi connectivity index (χ1n) is 5.32. The zero-order valence-electron chi connectivity index (χ0n) is 10.4. The van der Waals surface area contributed by atoms with E-state index in [2.05, 4.69) is 0 Å². The fraction of sp³-hybridized carbons (Fsp3) is 0.500. The predicted molar refractivity (Wildman–Crippen MR) is 64.9 cm³/mol. The summed E-state index contributed by atoms with van der Waals surface area (Å²) < 4.78 is 35.6. The lowest BCUT2D eigenvalue weighted by atomic mass is 10.0. The van der Waals surface area contributed by atoms with Gasteiger partial charge in [-0.05, 0) is 29.7 Å². The number of sulfone groups is 1. The summed E-state index contributed by atoms with van der Waals surface area (Å²) in [7, 11) is -3.26. The van der Waals surface area contributed by atoms with Gasteiger partial charge in [-0.1, -0.05) is 27.7 Å². The zero-order valence-corrected chi connectivity index (χ0v) is 11.2. The third-order valence-electron chi connectivity index (χ3n) is 1.99. The van der Waals surface area contributed by atoms with E-state index in [0.717, 1.165) is 6.26 Å². The van der Waals surface area contributed by atoms with Gasteiger partial charge in [-0.25, -0.2) is 12.8 Å². The number of hydrogen-bond donors (Lipinski definition) is 0. The molecule has 1 aromatic rings. The predicted octanol–water partition coefficient (Wildman–Crippen LogP) is 3.38. The van der Waals surface area contributed by atoms with Crippen LogP contribution in [-0.4, -0.2) is 14.7 Å². The van der Waals surface area contributed by atoms with Crippen LogP contribution in [0.2, 0.25) is 0 Å². The lowest BCUT2D eigenvalue weighted by molar-refractivity contribution is 0.596. The molecule has 92 valence electrons. The normalized spacial score (nSPS) is 10.9. The van der Waals surface area contributed by atoms with Crippen molar-refractivity contribution in [3.8, 4) is 0 Å². The zero-order chi connectivity index (χ0) is 12.9. The molecule has 0 fully saturated rings. The molecule has 0 aliphatic heterocycles. The number of benzene rings is 1. The number of halogens is 1. The highest BCUT2D eigenvalue weighted by Gasteiger charge is 2.15. The Hall–Kier alpha value is -0.900. The quantitative estimate of drug-likeness (QED) is 0.750. The largest absolute Gasteiger partial charge is 0.224 e. The third-order valence-corrected chi connectivity index (χ3v) is 3.16. The van der Waals surface area contributed by atoms with Gasteiger partial charge in [0.15, 0.2) is 9.84 Å². The molecule has 0 unspecified atom stereocenters. The van der Waals surface area contributed by atoms with Crippen LogP contribution in [0.25, 0.3) is 0 Å². The van der Waals surface area contributed by atoms with Gasteiger partial charge < -0.3 is 0 Å². The highest BCUT2D eigenvalue weighted by atomic mass is 32.2. The highest BCUT2D eigenvalue weighted by Crippen LogP contribution is 2.24. The molecule has 0 bridgehead atoms. The molecule has 1 aromatic carbocycles. The van der Waals surface area contributed by atoms with Gasteiger partial charge >= 0.3 is 0 Å². The summed E-state index contributed by atoms with van der Waals surface area (Å²) in [6.07, 6.45) is 1.13. The van der Waals surface area contributed by atoms with Gasteiger partial charge in [0, 0.05) is 6.26 Å². The van der Waals surface area contributed by atoms with Crippen LogP contribution in [0, 0.1) is 5.82 Å². The van der Waals surface area contributed by atoms with Crippen molar-refractivity contribution in [2.45, 2.75) is 38.5 Å². The molecule has 0 spiro atoms. The monoisotopic (exact) mass is 246 g/mol. The van der Waals surface area contributed by atoms with Gasteiger partial charge in [0.1, 0.15) is 5.82 Å². The van der Waals surface area contributed by atoms with Crippen molar-refractivity contribution in [2.75, 3.05) is 6.26 Å². The maximum Gasteiger partial charge on any atom is 0.175 e. The first-order valence-corrected chi connectivity index (χ1v) is 7.21. The Morgan fingerprint density at radius 2 is 1.69 bits per heavy atom. The summed E-state index contributed by atoms with van der Waals surface area (Å²) in [5, 5.41) is 0. The minimum absolute atomic E-state index is 0.00424. The fourth-order valence-electron chi connectivity index (χ4n) is 1.31. The topological polar surface area (TPSA) is 34.1 Å². The Labute approximate surface area is 97.4 Å². The van der Waals surface area contributed by atoms with E-state index in [4.69, 9.17) is 0 Å². The van der Waals surface area contributed by atoms with Crippen molar-refractivity contribution >= 4 is 9.84 Å². The molecule has 4 heteroatoms. The average molecular weight is 246 g/mol. The van der Waals surface area contributed by atoms with Gasteiger partial charge in [0.2, 0.25) is 0 Å². The van der Waals surface area contributed by atoms with Gasteiger partial charge in [-0.2, -0.15) is 0 Å². The van der Waals surface area contributed by atoms with Crippen molar-refractivity contribution in [3.63, 3.8) is 0 Å². The van der Waals surface area contributed by atoms with E-state index in [1.807, 2.05) is 27.7 Å². The molecule has 0 atom stereocenters. The second kappa shape index (κ2) is 5.99. The van der Waals surface area contributed by atoms with Crippen LogP contribution in [0.15, 0.2) is 23.1 Å². The first-order chi connectivity index (χ1) is 7.32. The van der Waals surface area contributed by atoms with E-state index >= 15 is 0 Å². The molecule has 0 saturated heterocycles. The second-order valence-corrected chi connectivity index (χ2v) is 5.59. The lowest BCUT2D eigenvalue weighted by Gasteiger charge is -2.10. The summed E-state index contributed by atoms with van der Waals surface area (Å²) >= 11 is 0. The summed E-state index contributed by atoms with van der Waals surface area (Å²) in [6.45, 7) is 7.67. The summed E-state index contributed by atoms with van der Waals surface area (Å²) in [5.41, 5.74) is 0.535. The van der Waals surface area contributed by atoms with Crippen LogP contribution in [0.1, 0.15) is 39.2 Å². The van der Waals surface area contributed by atoms with Gasteiger partial charge in [-0.15, -0.1) is 0 Å². The Kier molecular flexibility index (Phi) is 5.65. The van der Waals surface area contributed by atoms with Crippen molar-refractivity contribution < 1.29 is 12.8 Å². The SMILES string of the molecule is CC.CC(C)c1cc(F)ccc1S(C)(=O)=O. The van der Waals surface area contributed by atoms with E-state index in [9.17, 15) is 12.8 Å². The molecule has 0 aliphatic carbocycles. The molecule has 0 aromatic heterocycles. The van der Waals surface area contributed by atoms with Crippen molar-refractivity contribution in [2.24, 2.45) is 0 Å². The Morgan fingerprint density at radius 3 is 2.06 bits per heavy atom. The van der Waals surface area contributed by atoms with E-state index in [1.165, 1.54) is 18.2 Å². The van der Waals surface area contributed by atoms with Crippen LogP contribution >= 0.6 is 0 Å². The van der Waals surface area contributed by atoms with Gasteiger partial charge in [0.05, 0.1) is 4.90 Å². The summed E-state index contributed by atoms with van der Waals surface area (Å²) in [4.78, 5) is 0.217. The van der Waals surface area contributed by atoms with E-state index in [0.29, 0.717) is 5.56 Å². The first kappa shape index (κ1) is 15.1. The number of hydrogen-bond acceptors (Lipinski definition) is 2. The molecule has 0 aliphatic rings. The molecule has 1 rings (SSSR count). The summed E-state index contributed by atoms with van der Waals surface area (Å²) in [5.74, 6) is -0.406. The molecule has 0 N–H and O–H groups in total. The van der Waals surface area contributed by atoms with Crippen LogP contribution in [0.5, 0.6) is 0 Å². The highest BCUT2D eigenvalue weighted by molar-refractivity contribution is 7.90. The smallest absolute Gasteiger partial charge is 0.175 e. The standard InChI is InChI=1S/C10H13FO2S.C2H6/c1-7(2)9-6-8(11)4-5-10(9)14(3,12)13;1-2/h4-7H,1-3H3;1-2H3. The minimum Gasteiger partial charge on any atom is -0.224 e. The van der Waals surface area contributed by atoms with Gasteiger partial charge in [0.25, 0.3) is 0 Å². The molecular formula is C12H19FO2S. The molecule has 16 heavy (non-hydrogen) atoms. The molecule has 0 radical (unpaired) electrons. The Bertz CT molecular complexity index is 436. The lowest BCUT2D eigenvalue weighted by Crippen LogP contribution is -2.04. The minimum atomic E-state index is -3.26. The van der Waals surface area contributed by atoms with Crippen molar-refractivity contribution in [3.05, 3.63) is 29.6 Å². The van der Waals surface area contributed by atoms with Crippen LogP contribution in [-0.2, 0) is 9.84 Å². The Morgan fingerprint density at radius 1 is 1.19 bits per heavy atom. The fourth-order valence-corrected chi connectivity index (χ4v) is 2.35. The maximum absolute atomic E-state index is 12.9. The molecule has 0 heterocycles. The van der Waals surface area contributed by atoms with Crippen LogP contribution in [0.3, 0.4) is 0 Å². The van der Waals surface area contributed by atoms with Crippen LogP contribution < -0.4 is 0 Å². The third kappa shape index (κ3) is 3.93. The number of rotatable bonds is 2. The van der Waals surface area contributed by atoms with Crippen LogP contribution in [0.4, 0.5) is 4.39 Å². The average Bonchev–Trinajstić information content (AvgIpc) is 2.18. The molecular weight excluding hydrogens is 227 g/mol. The van der Waals surface area contributed by atoms with E-state index in [1.54, 1.807) is 0 Å².